The normalized spacial score (nSPS) is 22.2. The molecule has 0 saturated heterocycles. The molecule has 0 radical (unpaired) electrons. The van der Waals surface area contributed by atoms with Crippen LogP contribution in [-0.2, 0) is 4.74 Å². The molecule has 0 spiro atoms. The summed E-state index contributed by atoms with van der Waals surface area (Å²) in [6, 6.07) is 4.45. The number of nitrogens with one attached hydrogen (secondary N) is 1. The minimum atomic E-state index is 0.415. The third-order valence-corrected chi connectivity index (χ3v) is 3.83. The van der Waals surface area contributed by atoms with Crippen molar-refractivity contribution in [1.82, 2.24) is 9.97 Å². The lowest BCUT2D eigenvalue weighted by Crippen LogP contribution is -2.40. The van der Waals surface area contributed by atoms with E-state index in [2.05, 4.69) is 31.2 Å². The van der Waals surface area contributed by atoms with Crippen LogP contribution in [0.2, 0.25) is 0 Å². The Hall–Kier alpha value is -1.20. The molecule has 0 bridgehead atoms. The van der Waals surface area contributed by atoms with Crippen LogP contribution in [0.5, 0.6) is 0 Å². The maximum absolute atomic E-state index is 5.57. The summed E-state index contributed by atoms with van der Waals surface area (Å²) >= 11 is 3.42. The highest BCUT2D eigenvalue weighted by molar-refractivity contribution is 9.10. The minimum Gasteiger partial charge on any atom is -0.380 e. The molecular formula is C14H16BrN3O. The third-order valence-electron chi connectivity index (χ3n) is 3.40. The molecule has 0 aliphatic heterocycles. The average Bonchev–Trinajstić information content (AvgIpc) is 2.36. The highest BCUT2D eigenvalue weighted by Crippen LogP contribution is 2.29. The Morgan fingerprint density at radius 1 is 1.42 bits per heavy atom. The first-order chi connectivity index (χ1) is 9.26. The van der Waals surface area contributed by atoms with Gasteiger partial charge in [-0.3, -0.25) is 9.97 Å². The number of rotatable bonds is 4. The molecule has 5 heteroatoms. The molecule has 2 heterocycles. The van der Waals surface area contributed by atoms with Gasteiger partial charge in [0.25, 0.3) is 0 Å². The smallest absolute Gasteiger partial charge is 0.112 e. The van der Waals surface area contributed by atoms with E-state index >= 15 is 0 Å². The second-order valence-electron chi connectivity index (χ2n) is 4.77. The van der Waals surface area contributed by atoms with Crippen LogP contribution in [0.3, 0.4) is 0 Å². The first kappa shape index (κ1) is 12.8. The SMILES string of the molecule is CCOC1CC(Nc2ccnc3cc(Br)cnc23)C1. The molecule has 0 atom stereocenters. The summed E-state index contributed by atoms with van der Waals surface area (Å²) in [6.07, 6.45) is 6.16. The van der Waals surface area contributed by atoms with Gasteiger partial charge >= 0.3 is 0 Å². The number of nitrogens with zero attached hydrogens (tertiary/aromatic N) is 2. The van der Waals surface area contributed by atoms with E-state index in [1.807, 2.05) is 25.3 Å². The van der Waals surface area contributed by atoms with Crippen LogP contribution in [0.25, 0.3) is 11.0 Å². The van der Waals surface area contributed by atoms with Crippen molar-refractivity contribution in [3.05, 3.63) is 29.0 Å². The molecule has 2 aromatic heterocycles. The topological polar surface area (TPSA) is 47.0 Å². The van der Waals surface area contributed by atoms with E-state index in [4.69, 9.17) is 4.74 Å². The van der Waals surface area contributed by atoms with Crippen molar-refractivity contribution in [3.63, 3.8) is 0 Å². The van der Waals surface area contributed by atoms with E-state index in [0.717, 1.165) is 40.6 Å². The molecule has 1 N–H and O–H groups in total. The van der Waals surface area contributed by atoms with Crippen molar-refractivity contribution >= 4 is 32.7 Å². The number of halogens is 1. The average molecular weight is 322 g/mol. The summed E-state index contributed by atoms with van der Waals surface area (Å²) in [5.74, 6) is 0. The Labute approximate surface area is 120 Å². The Kier molecular flexibility index (Phi) is 3.66. The van der Waals surface area contributed by atoms with Gasteiger partial charge in [0.15, 0.2) is 0 Å². The van der Waals surface area contributed by atoms with Crippen LogP contribution in [0.1, 0.15) is 19.8 Å². The Morgan fingerprint density at radius 3 is 3.05 bits per heavy atom. The summed E-state index contributed by atoms with van der Waals surface area (Å²) in [6.45, 7) is 2.84. The Morgan fingerprint density at radius 2 is 2.26 bits per heavy atom. The quantitative estimate of drug-likeness (QED) is 0.937. The monoisotopic (exact) mass is 321 g/mol. The molecule has 0 unspecified atom stereocenters. The van der Waals surface area contributed by atoms with Crippen molar-refractivity contribution < 1.29 is 4.74 Å². The van der Waals surface area contributed by atoms with E-state index in [-0.39, 0.29) is 0 Å². The van der Waals surface area contributed by atoms with Gasteiger partial charge in [-0.25, -0.2) is 0 Å². The number of ether oxygens (including phenoxy) is 1. The van der Waals surface area contributed by atoms with Crippen LogP contribution in [0, 0.1) is 0 Å². The van der Waals surface area contributed by atoms with Crippen molar-refractivity contribution in [3.8, 4) is 0 Å². The van der Waals surface area contributed by atoms with E-state index in [1.165, 1.54) is 0 Å². The zero-order chi connectivity index (χ0) is 13.2. The third kappa shape index (κ3) is 2.72. The predicted octanol–water partition coefficient (Wildman–Crippen LogP) is 3.37. The second-order valence-corrected chi connectivity index (χ2v) is 5.69. The molecule has 19 heavy (non-hydrogen) atoms. The summed E-state index contributed by atoms with van der Waals surface area (Å²) in [5, 5.41) is 3.53. The standard InChI is InChI=1S/C14H16BrN3O/c1-2-19-11-6-10(7-11)18-12-3-4-16-13-5-9(15)8-17-14(12)13/h3-5,8,10-11H,2,6-7H2,1H3,(H,16,18). The summed E-state index contributed by atoms with van der Waals surface area (Å²) in [4.78, 5) is 8.79. The molecule has 1 saturated carbocycles. The predicted molar refractivity (Wildman–Crippen MR) is 79.3 cm³/mol. The lowest BCUT2D eigenvalue weighted by molar-refractivity contribution is 0.00301. The van der Waals surface area contributed by atoms with Gasteiger partial charge < -0.3 is 10.1 Å². The number of fused-ring (bicyclic) bond motifs is 1. The second kappa shape index (κ2) is 5.43. The van der Waals surface area contributed by atoms with Crippen molar-refractivity contribution in [1.29, 1.82) is 0 Å². The highest BCUT2D eigenvalue weighted by Gasteiger charge is 2.29. The van der Waals surface area contributed by atoms with Gasteiger partial charge in [-0.05, 0) is 47.8 Å². The molecule has 1 aliphatic rings. The van der Waals surface area contributed by atoms with Crippen LogP contribution in [-0.4, -0.2) is 28.7 Å². The highest BCUT2D eigenvalue weighted by atomic mass is 79.9. The zero-order valence-electron chi connectivity index (χ0n) is 10.8. The first-order valence-corrected chi connectivity index (χ1v) is 7.34. The maximum Gasteiger partial charge on any atom is 0.112 e. The van der Waals surface area contributed by atoms with Gasteiger partial charge in [0.1, 0.15) is 5.52 Å². The first-order valence-electron chi connectivity index (χ1n) is 6.54. The van der Waals surface area contributed by atoms with Gasteiger partial charge in [-0.2, -0.15) is 0 Å². The van der Waals surface area contributed by atoms with E-state index in [9.17, 15) is 0 Å². The van der Waals surface area contributed by atoms with Gasteiger partial charge in [0.2, 0.25) is 0 Å². The summed E-state index contributed by atoms with van der Waals surface area (Å²) < 4.78 is 6.52. The van der Waals surface area contributed by atoms with Crippen molar-refractivity contribution in [2.45, 2.75) is 31.9 Å². The van der Waals surface area contributed by atoms with Crippen molar-refractivity contribution in [2.24, 2.45) is 0 Å². The van der Waals surface area contributed by atoms with Crippen LogP contribution in [0.4, 0.5) is 5.69 Å². The minimum absolute atomic E-state index is 0.415. The molecule has 4 nitrogen and oxygen atoms in total. The lowest BCUT2D eigenvalue weighted by atomic mass is 9.89. The van der Waals surface area contributed by atoms with Gasteiger partial charge in [0.05, 0.1) is 17.3 Å². The lowest BCUT2D eigenvalue weighted by Gasteiger charge is -2.36. The van der Waals surface area contributed by atoms with Crippen molar-refractivity contribution in [2.75, 3.05) is 11.9 Å². The fourth-order valence-electron chi connectivity index (χ4n) is 2.40. The molecule has 100 valence electrons. The zero-order valence-corrected chi connectivity index (χ0v) is 12.4. The summed E-state index contributed by atoms with van der Waals surface area (Å²) in [7, 11) is 0. The number of anilines is 1. The Bertz CT molecular complexity index is 584. The molecular weight excluding hydrogens is 306 g/mol. The molecule has 3 rings (SSSR count). The summed E-state index contributed by atoms with van der Waals surface area (Å²) in [5.41, 5.74) is 2.88. The number of hydrogen-bond donors (Lipinski definition) is 1. The van der Waals surface area contributed by atoms with Crippen LogP contribution in [0.15, 0.2) is 29.0 Å². The number of hydrogen-bond acceptors (Lipinski definition) is 4. The molecule has 2 aromatic rings. The number of pyridine rings is 2. The molecule has 0 aromatic carbocycles. The van der Waals surface area contributed by atoms with Crippen LogP contribution >= 0.6 is 15.9 Å². The maximum atomic E-state index is 5.57. The number of aromatic nitrogens is 2. The van der Waals surface area contributed by atoms with Crippen LogP contribution < -0.4 is 5.32 Å². The van der Waals surface area contributed by atoms with Gasteiger partial charge in [0, 0.05) is 29.5 Å². The van der Waals surface area contributed by atoms with E-state index in [1.54, 1.807) is 6.20 Å². The molecule has 0 amide bonds. The van der Waals surface area contributed by atoms with E-state index < -0.39 is 0 Å². The fourth-order valence-corrected chi connectivity index (χ4v) is 2.72. The van der Waals surface area contributed by atoms with E-state index in [0.29, 0.717) is 12.1 Å². The Balaban J connectivity index is 1.75. The molecule has 1 fully saturated rings. The largest absolute Gasteiger partial charge is 0.380 e. The fraction of sp³-hybridized carbons (Fsp3) is 0.429. The van der Waals surface area contributed by atoms with Gasteiger partial charge in [-0.15, -0.1) is 0 Å². The van der Waals surface area contributed by atoms with Gasteiger partial charge in [-0.1, -0.05) is 0 Å². The molecule has 1 aliphatic carbocycles.